The summed E-state index contributed by atoms with van der Waals surface area (Å²) in [6, 6.07) is 0. The van der Waals surface area contributed by atoms with Crippen LogP contribution in [0.4, 0.5) is 0 Å². The van der Waals surface area contributed by atoms with Crippen LogP contribution in [0.3, 0.4) is 0 Å². The van der Waals surface area contributed by atoms with E-state index in [1.54, 1.807) is 0 Å². The molecule has 0 aromatic rings. The van der Waals surface area contributed by atoms with Gasteiger partial charge in [-0.2, -0.15) is 0 Å². The highest BCUT2D eigenvalue weighted by atomic mass is 16.5. The minimum atomic E-state index is -1.02. The van der Waals surface area contributed by atoms with Crippen LogP contribution in [0.25, 0.3) is 0 Å². The molecule has 0 radical (unpaired) electrons. The van der Waals surface area contributed by atoms with Gasteiger partial charge < -0.3 is 10.5 Å². The highest BCUT2D eigenvalue weighted by molar-refractivity contribution is 6.05. The normalized spacial score (nSPS) is 25.7. The van der Waals surface area contributed by atoms with E-state index in [9.17, 15) is 19.2 Å². The molecule has 0 spiro atoms. The van der Waals surface area contributed by atoms with E-state index in [0.29, 0.717) is 12.8 Å². The Bertz CT molecular complexity index is 487. The number of rotatable bonds is 5. The number of imide groups is 1. The number of hydrogen-bond donors (Lipinski definition) is 1. The fourth-order valence-corrected chi connectivity index (χ4v) is 2.61. The van der Waals surface area contributed by atoms with Gasteiger partial charge in [-0.05, 0) is 19.8 Å². The molecule has 0 aromatic carbocycles. The number of nitrogens with zero attached hydrogens (tertiary/aromatic N) is 1. The summed E-state index contributed by atoms with van der Waals surface area (Å²) in [5, 5.41) is 0. The van der Waals surface area contributed by atoms with Gasteiger partial charge in [0, 0.05) is 6.54 Å². The van der Waals surface area contributed by atoms with Gasteiger partial charge in [0.25, 0.3) is 5.91 Å². The summed E-state index contributed by atoms with van der Waals surface area (Å²) in [7, 11) is 0. The van der Waals surface area contributed by atoms with Crippen molar-refractivity contribution in [3.63, 3.8) is 0 Å². The molecule has 0 aromatic heterocycles. The second kappa shape index (κ2) is 6.07. The van der Waals surface area contributed by atoms with E-state index < -0.39 is 18.0 Å². The first kappa shape index (κ1) is 15.2. The van der Waals surface area contributed by atoms with Crippen molar-refractivity contribution in [3.8, 4) is 0 Å². The van der Waals surface area contributed by atoms with Gasteiger partial charge in [0.2, 0.25) is 11.8 Å². The predicted molar refractivity (Wildman–Crippen MR) is 71.4 cm³/mol. The molecule has 2 N–H and O–H groups in total. The standard InChI is InChI=1S/C14H18N2O5/c1-8(12(15)18)21-11(17)6-7-16-13(19)9-4-2-3-5-10(9)14(16)20/h2-3,8-10H,4-7H2,1H3,(H2,15,18)/t8-,9-,10-/m0/s1. The second-order valence-corrected chi connectivity index (χ2v) is 5.27. The molecule has 114 valence electrons. The summed E-state index contributed by atoms with van der Waals surface area (Å²) >= 11 is 0. The van der Waals surface area contributed by atoms with Crippen molar-refractivity contribution >= 4 is 23.7 Å². The molecule has 7 nitrogen and oxygen atoms in total. The van der Waals surface area contributed by atoms with E-state index in [0.717, 1.165) is 4.90 Å². The van der Waals surface area contributed by atoms with Gasteiger partial charge in [-0.3, -0.25) is 24.1 Å². The first-order valence-corrected chi connectivity index (χ1v) is 6.91. The van der Waals surface area contributed by atoms with Gasteiger partial charge in [-0.25, -0.2) is 0 Å². The zero-order valence-corrected chi connectivity index (χ0v) is 11.8. The molecular weight excluding hydrogens is 276 g/mol. The number of amides is 3. The minimum absolute atomic E-state index is 0.0189. The first-order chi connectivity index (χ1) is 9.91. The Labute approximate surface area is 122 Å². The van der Waals surface area contributed by atoms with E-state index in [1.807, 2.05) is 12.2 Å². The van der Waals surface area contributed by atoms with Crippen molar-refractivity contribution in [2.45, 2.75) is 32.3 Å². The number of allylic oxidation sites excluding steroid dienone is 2. The van der Waals surface area contributed by atoms with Crippen LogP contribution in [0.15, 0.2) is 12.2 Å². The number of primary amides is 1. The van der Waals surface area contributed by atoms with Gasteiger partial charge in [0.15, 0.2) is 6.10 Å². The highest BCUT2D eigenvalue weighted by Gasteiger charge is 2.46. The van der Waals surface area contributed by atoms with Crippen LogP contribution in [0.5, 0.6) is 0 Å². The lowest BCUT2D eigenvalue weighted by molar-refractivity contribution is -0.154. The second-order valence-electron chi connectivity index (χ2n) is 5.27. The van der Waals surface area contributed by atoms with Gasteiger partial charge in [0.1, 0.15) is 0 Å². The molecule has 2 aliphatic rings. The fraction of sp³-hybridized carbons (Fsp3) is 0.571. The average Bonchev–Trinajstić information content (AvgIpc) is 2.69. The van der Waals surface area contributed by atoms with Crippen molar-refractivity contribution in [2.75, 3.05) is 6.54 Å². The van der Waals surface area contributed by atoms with Crippen molar-refractivity contribution in [2.24, 2.45) is 17.6 Å². The van der Waals surface area contributed by atoms with Crippen LogP contribution in [0.1, 0.15) is 26.2 Å². The Kier molecular flexibility index (Phi) is 4.40. The number of esters is 1. The SMILES string of the molecule is C[C@H](OC(=O)CCN1C(=O)[C@H]2CC=CC[C@@H]2C1=O)C(N)=O. The summed E-state index contributed by atoms with van der Waals surface area (Å²) in [5.74, 6) is -2.47. The van der Waals surface area contributed by atoms with Crippen molar-refractivity contribution in [3.05, 3.63) is 12.2 Å². The maximum absolute atomic E-state index is 12.1. The first-order valence-electron chi connectivity index (χ1n) is 6.91. The summed E-state index contributed by atoms with van der Waals surface area (Å²) in [4.78, 5) is 47.7. The van der Waals surface area contributed by atoms with E-state index in [4.69, 9.17) is 10.5 Å². The lowest BCUT2D eigenvalue weighted by Gasteiger charge is -2.15. The van der Waals surface area contributed by atoms with Crippen LogP contribution in [-0.2, 0) is 23.9 Å². The Morgan fingerprint density at radius 3 is 2.29 bits per heavy atom. The molecule has 3 atom stereocenters. The third-order valence-corrected chi connectivity index (χ3v) is 3.85. The van der Waals surface area contributed by atoms with Gasteiger partial charge >= 0.3 is 5.97 Å². The summed E-state index contributed by atoms with van der Waals surface area (Å²) < 4.78 is 4.79. The van der Waals surface area contributed by atoms with Crippen LogP contribution in [0.2, 0.25) is 0 Å². The minimum Gasteiger partial charge on any atom is -0.453 e. The molecule has 21 heavy (non-hydrogen) atoms. The van der Waals surface area contributed by atoms with Crippen molar-refractivity contribution in [1.29, 1.82) is 0 Å². The number of likely N-dealkylation sites (tertiary alicyclic amines) is 1. The molecule has 1 aliphatic carbocycles. The molecule has 0 bridgehead atoms. The van der Waals surface area contributed by atoms with Crippen molar-refractivity contribution < 1.29 is 23.9 Å². The van der Waals surface area contributed by atoms with Gasteiger partial charge in [-0.1, -0.05) is 12.2 Å². The van der Waals surface area contributed by atoms with Crippen LogP contribution in [0, 0.1) is 11.8 Å². The monoisotopic (exact) mass is 294 g/mol. The van der Waals surface area contributed by atoms with Gasteiger partial charge in [0.05, 0.1) is 18.3 Å². The zero-order valence-electron chi connectivity index (χ0n) is 11.8. The Hall–Kier alpha value is -2.18. The third-order valence-electron chi connectivity index (χ3n) is 3.85. The van der Waals surface area contributed by atoms with Gasteiger partial charge in [-0.15, -0.1) is 0 Å². The van der Waals surface area contributed by atoms with Crippen LogP contribution >= 0.6 is 0 Å². The molecule has 0 saturated carbocycles. The topological polar surface area (TPSA) is 107 Å². The molecular formula is C14H18N2O5. The Morgan fingerprint density at radius 1 is 1.29 bits per heavy atom. The predicted octanol–water partition coefficient (Wildman–Crippen LogP) is -0.255. The molecule has 1 fully saturated rings. The zero-order chi connectivity index (χ0) is 15.6. The number of carbonyl (C=O) groups is 4. The largest absolute Gasteiger partial charge is 0.453 e. The van der Waals surface area contributed by atoms with E-state index >= 15 is 0 Å². The number of ether oxygens (including phenoxy) is 1. The van der Waals surface area contributed by atoms with E-state index in [1.165, 1.54) is 6.92 Å². The average molecular weight is 294 g/mol. The Morgan fingerprint density at radius 2 is 1.81 bits per heavy atom. The molecule has 0 unspecified atom stereocenters. The molecule has 2 rings (SSSR count). The summed E-state index contributed by atoms with van der Waals surface area (Å²) in [6.45, 7) is 1.35. The molecule has 1 aliphatic heterocycles. The number of nitrogens with two attached hydrogens (primary N) is 1. The summed E-state index contributed by atoms with van der Waals surface area (Å²) in [5.41, 5.74) is 4.98. The fourth-order valence-electron chi connectivity index (χ4n) is 2.61. The maximum Gasteiger partial charge on any atom is 0.308 e. The van der Waals surface area contributed by atoms with E-state index in [-0.39, 0.29) is 36.6 Å². The van der Waals surface area contributed by atoms with Crippen LogP contribution < -0.4 is 5.73 Å². The lowest BCUT2D eigenvalue weighted by atomic mass is 9.85. The number of fused-ring (bicyclic) bond motifs is 1. The molecule has 7 heteroatoms. The highest BCUT2D eigenvalue weighted by Crippen LogP contribution is 2.34. The third kappa shape index (κ3) is 3.12. The Balaban J connectivity index is 1.89. The number of carbonyl (C=O) groups excluding carboxylic acids is 4. The number of hydrogen-bond acceptors (Lipinski definition) is 5. The molecule has 3 amide bonds. The van der Waals surface area contributed by atoms with Crippen LogP contribution in [-0.4, -0.2) is 41.2 Å². The molecule has 1 heterocycles. The van der Waals surface area contributed by atoms with Crippen molar-refractivity contribution in [1.82, 2.24) is 4.90 Å². The molecule has 1 saturated heterocycles. The van der Waals surface area contributed by atoms with E-state index in [2.05, 4.69) is 0 Å². The summed E-state index contributed by atoms with van der Waals surface area (Å²) in [6.07, 6.45) is 3.78. The lowest BCUT2D eigenvalue weighted by Crippen LogP contribution is -2.35. The quantitative estimate of drug-likeness (QED) is 0.427. The maximum atomic E-state index is 12.1. The smallest absolute Gasteiger partial charge is 0.308 e.